The summed E-state index contributed by atoms with van der Waals surface area (Å²) in [6.07, 6.45) is -4.39. The predicted octanol–water partition coefficient (Wildman–Crippen LogP) is 4.22. The summed E-state index contributed by atoms with van der Waals surface area (Å²) >= 11 is 0. The van der Waals surface area contributed by atoms with Crippen molar-refractivity contribution in [3.05, 3.63) is 71.5 Å². The number of hydrogen-bond donors (Lipinski definition) is 1. The van der Waals surface area contributed by atoms with Crippen molar-refractivity contribution in [2.75, 3.05) is 0 Å². The molecule has 0 aliphatic heterocycles. The van der Waals surface area contributed by atoms with E-state index < -0.39 is 18.0 Å². The van der Waals surface area contributed by atoms with Crippen LogP contribution < -0.4 is 5.32 Å². The van der Waals surface area contributed by atoms with Gasteiger partial charge in [-0.3, -0.25) is 5.32 Å². The minimum absolute atomic E-state index is 0.0132. The smallest absolute Gasteiger partial charge is 0.298 e. The zero-order chi connectivity index (χ0) is 14.6. The monoisotopic (exact) mass is 283 g/mol. The van der Waals surface area contributed by atoms with Crippen LogP contribution in [0, 0.1) is 5.82 Å². The lowest BCUT2D eigenvalue weighted by Crippen LogP contribution is -2.33. The first-order valence-electron chi connectivity index (χ1n) is 6.06. The fourth-order valence-electron chi connectivity index (χ4n) is 1.89. The van der Waals surface area contributed by atoms with Crippen molar-refractivity contribution in [3.8, 4) is 0 Å². The van der Waals surface area contributed by atoms with E-state index in [0.717, 1.165) is 0 Å². The number of nitrogens with one attached hydrogen (secondary N) is 1. The molecular weight excluding hydrogens is 270 g/mol. The normalized spacial score (nSPS) is 13.2. The van der Waals surface area contributed by atoms with E-state index in [1.807, 2.05) is 0 Å². The molecule has 20 heavy (non-hydrogen) atoms. The number of rotatable bonds is 4. The molecule has 1 unspecified atom stereocenters. The van der Waals surface area contributed by atoms with Crippen molar-refractivity contribution >= 4 is 0 Å². The molecule has 0 heterocycles. The summed E-state index contributed by atoms with van der Waals surface area (Å²) in [7, 11) is 0. The number of benzene rings is 2. The second-order valence-electron chi connectivity index (χ2n) is 4.39. The second kappa shape index (κ2) is 6.05. The lowest BCUT2D eigenvalue weighted by Gasteiger charge is -2.22. The molecule has 0 bridgehead atoms. The Morgan fingerprint density at radius 3 is 2.05 bits per heavy atom. The quantitative estimate of drug-likeness (QED) is 0.828. The molecule has 0 saturated carbocycles. The Bertz CT molecular complexity index is 534. The fraction of sp³-hybridized carbons (Fsp3) is 0.200. The molecule has 2 rings (SSSR count). The topological polar surface area (TPSA) is 12.0 Å². The van der Waals surface area contributed by atoms with Gasteiger partial charge in [-0.2, -0.15) is 13.2 Å². The molecule has 1 nitrogen and oxygen atoms in total. The van der Waals surface area contributed by atoms with Crippen molar-refractivity contribution in [1.29, 1.82) is 0 Å². The zero-order valence-electron chi connectivity index (χ0n) is 10.5. The van der Waals surface area contributed by atoms with E-state index in [1.54, 1.807) is 18.2 Å². The summed E-state index contributed by atoms with van der Waals surface area (Å²) in [5, 5.41) is 2.46. The van der Waals surface area contributed by atoms with Gasteiger partial charge in [-0.1, -0.05) is 42.5 Å². The average Bonchev–Trinajstić information content (AvgIpc) is 2.41. The lowest BCUT2D eigenvalue weighted by atomic mass is 10.1. The van der Waals surface area contributed by atoms with Crippen LogP contribution in [0.25, 0.3) is 0 Å². The summed E-state index contributed by atoms with van der Waals surface area (Å²) in [5.74, 6) is -0.413. The molecule has 0 fully saturated rings. The van der Waals surface area contributed by atoms with Crippen LogP contribution in [-0.4, -0.2) is 6.18 Å². The van der Waals surface area contributed by atoms with Crippen molar-refractivity contribution < 1.29 is 17.6 Å². The fourth-order valence-corrected chi connectivity index (χ4v) is 1.89. The molecule has 0 aromatic heterocycles. The van der Waals surface area contributed by atoms with Gasteiger partial charge in [0.15, 0.2) is 0 Å². The largest absolute Gasteiger partial charge is 0.407 e. The minimum atomic E-state index is -4.39. The van der Waals surface area contributed by atoms with Crippen LogP contribution in [0.1, 0.15) is 17.2 Å². The van der Waals surface area contributed by atoms with Crippen molar-refractivity contribution in [2.24, 2.45) is 0 Å². The molecule has 5 heteroatoms. The van der Waals surface area contributed by atoms with Gasteiger partial charge >= 0.3 is 6.18 Å². The van der Waals surface area contributed by atoms with Crippen molar-refractivity contribution in [1.82, 2.24) is 5.32 Å². The Hall–Kier alpha value is -1.88. The number of halogens is 4. The van der Waals surface area contributed by atoms with Crippen molar-refractivity contribution in [3.63, 3.8) is 0 Å². The maximum atomic E-state index is 13.1. The Balaban J connectivity index is 2.11. The van der Waals surface area contributed by atoms with E-state index in [4.69, 9.17) is 0 Å². The minimum Gasteiger partial charge on any atom is -0.298 e. The first-order chi connectivity index (χ1) is 9.47. The highest BCUT2D eigenvalue weighted by molar-refractivity contribution is 5.21. The maximum Gasteiger partial charge on any atom is 0.407 e. The molecule has 0 aliphatic carbocycles. The van der Waals surface area contributed by atoms with Crippen LogP contribution in [-0.2, 0) is 6.54 Å². The third kappa shape index (κ3) is 3.81. The highest BCUT2D eigenvalue weighted by Gasteiger charge is 2.40. The molecule has 1 atom stereocenters. The molecule has 0 spiro atoms. The van der Waals surface area contributed by atoms with Gasteiger partial charge in [-0.25, -0.2) is 4.39 Å². The van der Waals surface area contributed by atoms with Gasteiger partial charge in [0.2, 0.25) is 0 Å². The highest BCUT2D eigenvalue weighted by Crippen LogP contribution is 2.32. The average molecular weight is 283 g/mol. The predicted molar refractivity (Wildman–Crippen MR) is 68.5 cm³/mol. The van der Waals surface area contributed by atoms with Crippen LogP contribution in [0.2, 0.25) is 0 Å². The summed E-state index contributed by atoms with van der Waals surface area (Å²) in [6, 6.07) is 11.3. The van der Waals surface area contributed by atoms with Gasteiger partial charge in [0.1, 0.15) is 11.9 Å². The Labute approximate surface area is 114 Å². The van der Waals surface area contributed by atoms with E-state index in [2.05, 4.69) is 5.32 Å². The maximum absolute atomic E-state index is 13.1. The van der Waals surface area contributed by atoms with Crippen LogP contribution in [0.4, 0.5) is 17.6 Å². The van der Waals surface area contributed by atoms with Gasteiger partial charge in [-0.15, -0.1) is 0 Å². The molecular formula is C15H13F4N. The third-order valence-corrected chi connectivity index (χ3v) is 2.88. The van der Waals surface area contributed by atoms with Gasteiger partial charge in [0.05, 0.1) is 0 Å². The van der Waals surface area contributed by atoms with E-state index in [1.165, 1.54) is 36.4 Å². The van der Waals surface area contributed by atoms with Gasteiger partial charge < -0.3 is 0 Å². The molecule has 106 valence electrons. The van der Waals surface area contributed by atoms with Crippen LogP contribution in [0.5, 0.6) is 0 Å². The van der Waals surface area contributed by atoms with Gasteiger partial charge in [0, 0.05) is 6.54 Å². The van der Waals surface area contributed by atoms with Gasteiger partial charge in [-0.05, 0) is 23.3 Å². The zero-order valence-corrected chi connectivity index (χ0v) is 10.5. The second-order valence-corrected chi connectivity index (χ2v) is 4.39. The standard InChI is InChI=1S/C15H13F4N/c16-13-8-6-11(7-9-13)10-20-14(15(17,18)19)12-4-2-1-3-5-12/h1-9,14,20H,10H2. The van der Waals surface area contributed by atoms with E-state index in [9.17, 15) is 17.6 Å². The van der Waals surface area contributed by atoms with E-state index in [0.29, 0.717) is 5.56 Å². The molecule has 0 radical (unpaired) electrons. The van der Waals surface area contributed by atoms with Crippen LogP contribution >= 0.6 is 0 Å². The number of hydrogen-bond acceptors (Lipinski definition) is 1. The highest BCUT2D eigenvalue weighted by atomic mass is 19.4. The molecule has 1 N–H and O–H groups in total. The van der Waals surface area contributed by atoms with Gasteiger partial charge in [0.25, 0.3) is 0 Å². The SMILES string of the molecule is Fc1ccc(CNC(c2ccccc2)C(F)(F)F)cc1. The van der Waals surface area contributed by atoms with E-state index in [-0.39, 0.29) is 12.1 Å². The first-order valence-corrected chi connectivity index (χ1v) is 6.06. The summed E-state index contributed by atoms with van der Waals surface area (Å²) in [5.41, 5.74) is 0.749. The Kier molecular flexibility index (Phi) is 4.39. The first kappa shape index (κ1) is 14.5. The molecule has 0 saturated heterocycles. The number of alkyl halides is 3. The summed E-state index contributed by atoms with van der Waals surface area (Å²) in [6.45, 7) is 0.0132. The van der Waals surface area contributed by atoms with Crippen LogP contribution in [0.3, 0.4) is 0 Å². The van der Waals surface area contributed by atoms with E-state index >= 15 is 0 Å². The van der Waals surface area contributed by atoms with Crippen LogP contribution in [0.15, 0.2) is 54.6 Å². The molecule has 0 aliphatic rings. The molecule has 2 aromatic carbocycles. The van der Waals surface area contributed by atoms with Crippen molar-refractivity contribution in [2.45, 2.75) is 18.8 Å². The Morgan fingerprint density at radius 2 is 1.50 bits per heavy atom. The molecule has 2 aromatic rings. The lowest BCUT2D eigenvalue weighted by molar-refractivity contribution is -0.158. The summed E-state index contributed by atoms with van der Waals surface area (Å²) < 4.78 is 51.9. The summed E-state index contributed by atoms with van der Waals surface area (Å²) in [4.78, 5) is 0. The molecule has 0 amide bonds. The third-order valence-electron chi connectivity index (χ3n) is 2.88. The Morgan fingerprint density at radius 1 is 0.900 bits per heavy atom.